The van der Waals surface area contributed by atoms with Crippen LogP contribution in [0.2, 0.25) is 0 Å². The van der Waals surface area contributed by atoms with Crippen molar-refractivity contribution >= 4 is 66.0 Å². The summed E-state index contributed by atoms with van der Waals surface area (Å²) in [5, 5.41) is 22.0. The van der Waals surface area contributed by atoms with Crippen molar-refractivity contribution in [1.29, 1.82) is 0 Å². The Hall–Kier alpha value is -4.08. The molecule has 51 heavy (non-hydrogen) atoms. The predicted octanol–water partition coefficient (Wildman–Crippen LogP) is 4.59. The summed E-state index contributed by atoms with van der Waals surface area (Å²) < 4.78 is 87.8. The van der Waals surface area contributed by atoms with Gasteiger partial charge in [-0.15, -0.1) is 4.33 Å². The molecule has 0 radical (unpaired) electrons. The highest BCUT2D eigenvalue weighted by atomic mass is 32.2. The second-order valence-corrected chi connectivity index (χ2v) is 15.2. The molecule has 0 aliphatic heterocycles. The van der Waals surface area contributed by atoms with Gasteiger partial charge in [0.2, 0.25) is 11.0 Å². The van der Waals surface area contributed by atoms with Gasteiger partial charge in [0, 0.05) is 36.3 Å². The normalized spacial score (nSPS) is 11.9. The van der Waals surface area contributed by atoms with E-state index in [1.54, 1.807) is 54.8 Å². The van der Waals surface area contributed by atoms with Gasteiger partial charge in [-0.3, -0.25) is 9.11 Å². The first-order valence-corrected chi connectivity index (χ1v) is 19.5. The number of hydrogen-bond acceptors (Lipinski definition) is 13. The lowest BCUT2D eigenvalue weighted by Gasteiger charge is -2.16. The van der Waals surface area contributed by atoms with Crippen LogP contribution in [0, 0.1) is 13.8 Å². The van der Waals surface area contributed by atoms with Crippen molar-refractivity contribution in [3.05, 3.63) is 70.8 Å². The van der Waals surface area contributed by atoms with Gasteiger partial charge >= 0.3 is 11.9 Å². The SMILES string of the molecule is Cc1cc(C(=O)O)cc(C)c1OC(=O)c1c2cc(OCCCSOOO)ccc2[n+](CCCS(=O)(=O)O)c2ccc(OCCCS(=O)(=O)O)cc12. The van der Waals surface area contributed by atoms with Crippen LogP contribution < -0.4 is 18.8 Å². The lowest BCUT2D eigenvalue weighted by Crippen LogP contribution is -2.37. The van der Waals surface area contributed by atoms with Crippen LogP contribution in [0.15, 0.2) is 48.5 Å². The van der Waals surface area contributed by atoms with E-state index in [9.17, 15) is 36.1 Å². The number of aromatic nitrogens is 1. The maximum absolute atomic E-state index is 14.3. The second-order valence-electron chi connectivity index (χ2n) is 11.3. The van der Waals surface area contributed by atoms with Crippen molar-refractivity contribution in [3.8, 4) is 17.2 Å². The van der Waals surface area contributed by atoms with E-state index in [2.05, 4.69) is 9.37 Å². The molecule has 0 unspecified atom stereocenters. The molecular formula is C32H36NO15S3+. The molecule has 3 aromatic carbocycles. The zero-order valence-corrected chi connectivity index (χ0v) is 29.9. The van der Waals surface area contributed by atoms with E-state index in [-0.39, 0.29) is 55.2 Å². The highest BCUT2D eigenvalue weighted by Gasteiger charge is 2.28. The van der Waals surface area contributed by atoms with E-state index in [0.717, 1.165) is 12.0 Å². The summed E-state index contributed by atoms with van der Waals surface area (Å²) in [6, 6.07) is 12.5. The number of pyridine rings is 1. The predicted molar refractivity (Wildman–Crippen MR) is 184 cm³/mol. The number of fused-ring (bicyclic) bond motifs is 2. The molecule has 16 nitrogen and oxygen atoms in total. The highest BCUT2D eigenvalue weighted by molar-refractivity contribution is 7.94. The Bertz CT molecular complexity index is 2110. The molecule has 4 rings (SSSR count). The lowest BCUT2D eigenvalue weighted by atomic mass is 10.0. The summed E-state index contributed by atoms with van der Waals surface area (Å²) in [7, 11) is -8.50. The molecule has 0 aliphatic rings. The van der Waals surface area contributed by atoms with Crippen molar-refractivity contribution in [2.45, 2.75) is 39.7 Å². The molecule has 0 spiro atoms. The van der Waals surface area contributed by atoms with Crippen LogP contribution in [-0.2, 0) is 36.2 Å². The molecule has 0 atom stereocenters. The van der Waals surface area contributed by atoms with Crippen LogP contribution in [0.4, 0.5) is 0 Å². The molecule has 0 saturated carbocycles. The van der Waals surface area contributed by atoms with Gasteiger partial charge in [-0.25, -0.2) is 14.8 Å². The van der Waals surface area contributed by atoms with Gasteiger partial charge in [0.25, 0.3) is 20.2 Å². The number of aryl methyl sites for hydroxylation is 3. The number of carbonyl (C=O) groups excluding carboxylic acids is 1. The van der Waals surface area contributed by atoms with E-state index < -0.39 is 43.7 Å². The minimum Gasteiger partial charge on any atom is -0.494 e. The molecule has 4 N–H and O–H groups in total. The summed E-state index contributed by atoms with van der Waals surface area (Å²) in [5.41, 5.74) is 1.80. The topological polar surface area (TPSA) is 233 Å². The zero-order chi connectivity index (χ0) is 37.3. The van der Waals surface area contributed by atoms with Crippen LogP contribution in [0.25, 0.3) is 21.8 Å². The van der Waals surface area contributed by atoms with Crippen LogP contribution >= 0.6 is 12.0 Å². The fourth-order valence-corrected chi connectivity index (χ4v) is 6.72. The monoisotopic (exact) mass is 770 g/mol. The van der Waals surface area contributed by atoms with E-state index in [1.807, 2.05) is 0 Å². The molecule has 0 saturated heterocycles. The standard InChI is InChI=1S/C32H35NO15S3/c1-20-16-22(31(34)35)17-21(2)30(20)46-32(36)29-25-18-23(44-11-4-13-49-48-47-37)6-8-27(25)33(10-3-14-50(38,39)40)28-9-7-24(19-26(28)29)45-12-5-15-51(41,42)43/h6-9,16-19H,3-5,10-15H2,1-2H3,(H3-,34,35,37,38,39,40,41,42,43)/p+1. The molecule has 4 aromatic rings. The molecule has 0 aliphatic carbocycles. The number of carbonyl (C=O) groups is 2. The van der Waals surface area contributed by atoms with Gasteiger partial charge < -0.3 is 19.3 Å². The molecule has 0 amide bonds. The molecule has 0 bridgehead atoms. The van der Waals surface area contributed by atoms with Gasteiger partial charge in [-0.05, 0) is 74.2 Å². The van der Waals surface area contributed by atoms with Gasteiger partial charge in [0.05, 0.1) is 46.6 Å². The highest BCUT2D eigenvalue weighted by Crippen LogP contribution is 2.33. The number of carboxylic acid groups (broad SMARTS) is 1. The first kappa shape index (κ1) is 39.7. The Morgan fingerprint density at radius 2 is 1.31 bits per heavy atom. The van der Waals surface area contributed by atoms with Gasteiger partial charge in [-0.1, -0.05) is 5.04 Å². The molecular weight excluding hydrogens is 735 g/mol. The first-order valence-electron chi connectivity index (χ1n) is 15.3. The number of hydrogen-bond donors (Lipinski definition) is 4. The Kier molecular flexibility index (Phi) is 13.6. The minimum atomic E-state index is -4.29. The van der Waals surface area contributed by atoms with E-state index in [4.69, 9.17) is 24.0 Å². The van der Waals surface area contributed by atoms with E-state index in [1.165, 1.54) is 12.1 Å². The Morgan fingerprint density at radius 1 is 0.784 bits per heavy atom. The Morgan fingerprint density at radius 3 is 1.82 bits per heavy atom. The maximum Gasteiger partial charge on any atom is 0.345 e. The average molecular weight is 771 g/mol. The van der Waals surface area contributed by atoms with Crippen molar-refractivity contribution in [2.75, 3.05) is 30.5 Å². The van der Waals surface area contributed by atoms with Gasteiger partial charge in [0.1, 0.15) is 17.2 Å². The Balaban J connectivity index is 1.88. The van der Waals surface area contributed by atoms with Crippen LogP contribution in [-0.4, -0.2) is 78.7 Å². The van der Waals surface area contributed by atoms with Crippen LogP contribution in [0.5, 0.6) is 17.2 Å². The molecule has 0 fully saturated rings. The maximum atomic E-state index is 14.3. The third kappa shape index (κ3) is 11.2. The number of nitrogens with zero attached hydrogens (tertiary/aromatic N) is 1. The third-order valence-electron chi connectivity index (χ3n) is 7.48. The van der Waals surface area contributed by atoms with Crippen molar-refractivity contribution < 1.29 is 74.0 Å². The number of benzene rings is 3. The van der Waals surface area contributed by atoms with Gasteiger partial charge in [0.15, 0.2) is 6.54 Å². The second kappa shape index (κ2) is 17.4. The zero-order valence-electron chi connectivity index (χ0n) is 27.4. The first-order chi connectivity index (χ1) is 24.1. The number of aromatic carboxylic acids is 1. The van der Waals surface area contributed by atoms with Crippen molar-refractivity contribution in [1.82, 2.24) is 0 Å². The molecule has 1 aromatic heterocycles. The summed E-state index contributed by atoms with van der Waals surface area (Å²) in [4.78, 5) is 25.9. The fourth-order valence-electron chi connectivity index (χ4n) is 5.40. The molecule has 276 valence electrons. The average Bonchev–Trinajstić information content (AvgIpc) is 3.04. The number of carboxylic acids is 1. The van der Waals surface area contributed by atoms with Crippen molar-refractivity contribution in [3.63, 3.8) is 0 Å². The summed E-state index contributed by atoms with van der Waals surface area (Å²) >= 11 is 0.861. The fraction of sp³-hybridized carbons (Fsp3) is 0.344. The number of ether oxygens (including phenoxy) is 3. The van der Waals surface area contributed by atoms with Crippen LogP contribution in [0.3, 0.4) is 0 Å². The lowest BCUT2D eigenvalue weighted by molar-refractivity contribution is -0.645. The summed E-state index contributed by atoms with van der Waals surface area (Å²) in [6.45, 7) is 3.42. The van der Waals surface area contributed by atoms with Crippen LogP contribution in [0.1, 0.15) is 51.1 Å². The smallest absolute Gasteiger partial charge is 0.345 e. The van der Waals surface area contributed by atoms with Crippen molar-refractivity contribution in [2.24, 2.45) is 0 Å². The minimum absolute atomic E-state index is 0.00916. The summed E-state index contributed by atoms with van der Waals surface area (Å²) in [5.74, 6) is -1.86. The number of esters is 1. The largest absolute Gasteiger partial charge is 0.494 e. The summed E-state index contributed by atoms with van der Waals surface area (Å²) in [6.07, 6.45) is 0.467. The quantitative estimate of drug-likeness (QED) is 0.0118. The molecule has 19 heteroatoms. The van der Waals surface area contributed by atoms with Gasteiger partial charge in [-0.2, -0.15) is 21.4 Å². The Labute approximate surface area is 297 Å². The number of rotatable bonds is 19. The van der Waals surface area contributed by atoms with E-state index >= 15 is 0 Å². The molecule has 1 heterocycles. The third-order valence-corrected chi connectivity index (χ3v) is 9.70. The van der Waals surface area contributed by atoms with E-state index in [0.29, 0.717) is 50.9 Å².